The molecule has 2 heteroatoms. The summed E-state index contributed by atoms with van der Waals surface area (Å²) >= 11 is 0. The molecule has 0 fully saturated rings. The molecule has 0 atom stereocenters. The van der Waals surface area contributed by atoms with Crippen LogP contribution in [0.5, 0.6) is 0 Å². The largest absolute Gasteiger partial charge is 0.311 e. The van der Waals surface area contributed by atoms with Gasteiger partial charge in [-0.05, 0) is 78.3 Å². The summed E-state index contributed by atoms with van der Waals surface area (Å²) in [4.78, 5) is 2.54. The van der Waals surface area contributed by atoms with Gasteiger partial charge in [0.25, 0.3) is 0 Å². The summed E-state index contributed by atoms with van der Waals surface area (Å²) in [6.45, 7) is 0.210. The third-order valence-electron chi connectivity index (χ3n) is 9.61. The fourth-order valence-electron chi connectivity index (χ4n) is 7.86. The Morgan fingerprint density at radius 3 is 1.98 bits per heavy atom. The Hall–Kier alpha value is -5.34. The zero-order valence-corrected chi connectivity index (χ0v) is 22.9. The predicted octanol–water partition coefficient (Wildman–Crippen LogP) is 8.53. The number of rotatable bonds is 2. The molecule has 0 spiro atoms. The highest BCUT2D eigenvalue weighted by Crippen LogP contribution is 2.46. The summed E-state index contributed by atoms with van der Waals surface area (Å²) in [6.07, 6.45) is 0. The lowest BCUT2D eigenvalue weighted by atomic mass is 9.37. The first-order chi connectivity index (χ1) is 20.8. The highest BCUT2D eigenvalue weighted by atomic mass is 15.2. The molecule has 2 heterocycles. The van der Waals surface area contributed by atoms with Crippen LogP contribution in [-0.4, -0.2) is 6.71 Å². The number of fused-ring (bicyclic) bond motifs is 5. The first-order valence-electron chi connectivity index (χ1n) is 14.7. The van der Waals surface area contributed by atoms with Crippen molar-refractivity contribution in [2.75, 3.05) is 4.90 Å². The van der Waals surface area contributed by atoms with E-state index in [1.165, 1.54) is 88.0 Å². The van der Waals surface area contributed by atoms with Gasteiger partial charge in [-0.2, -0.15) is 0 Å². The van der Waals surface area contributed by atoms with Crippen LogP contribution < -0.4 is 21.3 Å². The van der Waals surface area contributed by atoms with Gasteiger partial charge in [0, 0.05) is 16.8 Å². The van der Waals surface area contributed by atoms with Gasteiger partial charge in [-0.15, -0.1) is 0 Å². The summed E-state index contributed by atoms with van der Waals surface area (Å²) in [5.74, 6) is 0. The zero-order valence-electron chi connectivity index (χ0n) is 22.9. The van der Waals surface area contributed by atoms with E-state index in [4.69, 9.17) is 0 Å². The van der Waals surface area contributed by atoms with Gasteiger partial charge in [0.2, 0.25) is 6.71 Å². The molecule has 0 saturated heterocycles. The van der Waals surface area contributed by atoms with Crippen LogP contribution in [0.4, 0.5) is 17.1 Å². The molecular formula is C40H24BN. The van der Waals surface area contributed by atoms with Gasteiger partial charge in [-0.3, -0.25) is 0 Å². The van der Waals surface area contributed by atoms with Crippen molar-refractivity contribution in [3.63, 3.8) is 0 Å². The average molecular weight is 529 g/mol. The van der Waals surface area contributed by atoms with Crippen molar-refractivity contribution in [3.8, 4) is 22.3 Å². The molecule has 0 N–H and O–H groups in total. The molecule has 2 aliphatic heterocycles. The lowest BCUT2D eigenvalue weighted by Gasteiger charge is -2.37. The topological polar surface area (TPSA) is 3.24 Å². The molecule has 0 aliphatic carbocycles. The Balaban J connectivity index is 1.31. The summed E-state index contributed by atoms with van der Waals surface area (Å²) in [6, 6.07) is 54.2. The molecule has 8 aromatic rings. The normalized spacial score (nSPS) is 13.1. The maximum absolute atomic E-state index is 2.54. The molecule has 0 aromatic heterocycles. The van der Waals surface area contributed by atoms with Crippen LogP contribution >= 0.6 is 0 Å². The molecule has 42 heavy (non-hydrogen) atoms. The molecule has 10 rings (SSSR count). The van der Waals surface area contributed by atoms with Gasteiger partial charge in [0.1, 0.15) is 0 Å². The fourth-order valence-corrected chi connectivity index (χ4v) is 7.86. The van der Waals surface area contributed by atoms with Crippen LogP contribution in [0.25, 0.3) is 54.6 Å². The Morgan fingerprint density at radius 1 is 0.405 bits per heavy atom. The highest BCUT2D eigenvalue weighted by molar-refractivity contribution is 7.01. The maximum Gasteiger partial charge on any atom is 0.248 e. The second-order valence-electron chi connectivity index (χ2n) is 11.7. The monoisotopic (exact) mass is 529 g/mol. The highest BCUT2D eigenvalue weighted by Gasteiger charge is 2.42. The van der Waals surface area contributed by atoms with Gasteiger partial charge in [0.05, 0.1) is 5.69 Å². The minimum atomic E-state index is 0.210. The molecule has 1 nitrogen and oxygen atoms in total. The van der Waals surface area contributed by atoms with Crippen molar-refractivity contribution >= 4 is 72.5 Å². The molecule has 8 aromatic carbocycles. The lowest BCUT2D eigenvalue weighted by molar-refractivity contribution is 1.31. The fraction of sp³-hybridized carbons (Fsp3) is 0. The number of nitrogens with zero attached hydrogens (tertiary/aromatic N) is 1. The number of benzene rings is 8. The second-order valence-corrected chi connectivity index (χ2v) is 11.7. The van der Waals surface area contributed by atoms with E-state index < -0.39 is 0 Å². The van der Waals surface area contributed by atoms with Crippen molar-refractivity contribution < 1.29 is 0 Å². The van der Waals surface area contributed by atoms with Crippen LogP contribution in [0.3, 0.4) is 0 Å². The lowest BCUT2D eigenvalue weighted by Crippen LogP contribution is -2.54. The first-order valence-corrected chi connectivity index (χ1v) is 14.7. The predicted molar refractivity (Wildman–Crippen MR) is 180 cm³/mol. The summed E-state index contributed by atoms with van der Waals surface area (Å²) in [5, 5.41) is 7.88. The first kappa shape index (κ1) is 22.4. The van der Waals surface area contributed by atoms with E-state index in [-0.39, 0.29) is 6.71 Å². The van der Waals surface area contributed by atoms with E-state index in [2.05, 4.69) is 150 Å². The van der Waals surface area contributed by atoms with Crippen LogP contribution in [0.2, 0.25) is 0 Å². The van der Waals surface area contributed by atoms with E-state index >= 15 is 0 Å². The van der Waals surface area contributed by atoms with E-state index in [1.54, 1.807) is 0 Å². The van der Waals surface area contributed by atoms with Crippen LogP contribution in [0.1, 0.15) is 0 Å². The van der Waals surface area contributed by atoms with Crippen LogP contribution in [0.15, 0.2) is 146 Å². The number of hydrogen-bond acceptors (Lipinski definition) is 1. The third-order valence-corrected chi connectivity index (χ3v) is 9.61. The summed E-state index contributed by atoms with van der Waals surface area (Å²) < 4.78 is 0. The van der Waals surface area contributed by atoms with Gasteiger partial charge in [-0.1, -0.05) is 133 Å². The van der Waals surface area contributed by atoms with Crippen LogP contribution in [-0.2, 0) is 0 Å². The van der Waals surface area contributed by atoms with E-state index in [0.29, 0.717) is 0 Å². The molecule has 192 valence electrons. The quantitative estimate of drug-likeness (QED) is 0.160. The molecule has 0 unspecified atom stereocenters. The average Bonchev–Trinajstić information content (AvgIpc) is 3.40. The molecular weight excluding hydrogens is 505 g/mol. The number of hydrogen-bond donors (Lipinski definition) is 0. The molecule has 0 bridgehead atoms. The Morgan fingerprint density at radius 2 is 1.10 bits per heavy atom. The molecule has 0 amide bonds. The number of anilines is 3. The SMILES string of the molecule is c1ccc(-c2ccc3c(c2)B2c4ccccc4-c4cccc(c42)N3c2ccc3ccc4cccc5ccc2c3c45)cc1. The zero-order chi connectivity index (χ0) is 27.4. The minimum absolute atomic E-state index is 0.210. The van der Waals surface area contributed by atoms with Gasteiger partial charge in [0.15, 0.2) is 0 Å². The second kappa shape index (κ2) is 8.12. The van der Waals surface area contributed by atoms with Crippen molar-refractivity contribution in [1.82, 2.24) is 0 Å². The Labute approximate surface area is 244 Å². The summed E-state index contributed by atoms with van der Waals surface area (Å²) in [7, 11) is 0. The Kier molecular flexibility index (Phi) is 4.32. The Bertz CT molecular complexity index is 2360. The molecule has 2 aliphatic rings. The van der Waals surface area contributed by atoms with Gasteiger partial charge >= 0.3 is 0 Å². The van der Waals surface area contributed by atoms with Crippen molar-refractivity contribution in [1.29, 1.82) is 0 Å². The third kappa shape index (κ3) is 2.84. The minimum Gasteiger partial charge on any atom is -0.311 e. The van der Waals surface area contributed by atoms with Gasteiger partial charge < -0.3 is 4.90 Å². The van der Waals surface area contributed by atoms with Crippen molar-refractivity contribution in [2.24, 2.45) is 0 Å². The summed E-state index contributed by atoms with van der Waals surface area (Å²) in [5.41, 5.74) is 13.2. The van der Waals surface area contributed by atoms with Gasteiger partial charge in [-0.25, -0.2) is 0 Å². The maximum atomic E-state index is 2.54. The standard InChI is InChI=1S/C40H24BN/c1-2-8-25(9-3-1)29-20-23-36-34(24-29)41-33-14-5-4-12-30(33)31-13-7-15-37(40(31)41)42(36)35-22-19-28-17-16-26-10-6-11-27-18-21-32(35)39(28)38(26)27/h1-24H. The van der Waals surface area contributed by atoms with E-state index in [0.717, 1.165) is 0 Å². The smallest absolute Gasteiger partial charge is 0.248 e. The molecule has 0 radical (unpaired) electrons. The van der Waals surface area contributed by atoms with Crippen molar-refractivity contribution in [2.45, 2.75) is 0 Å². The van der Waals surface area contributed by atoms with Crippen LogP contribution in [0, 0.1) is 0 Å². The van der Waals surface area contributed by atoms with Crippen molar-refractivity contribution in [3.05, 3.63) is 146 Å². The molecule has 0 saturated carbocycles. The van der Waals surface area contributed by atoms with E-state index in [9.17, 15) is 0 Å². The van der Waals surface area contributed by atoms with E-state index in [1.807, 2.05) is 0 Å².